The molecule has 1 N–H and O–H groups in total. The molecule has 0 radical (unpaired) electrons. The second kappa shape index (κ2) is 4.51. The van der Waals surface area contributed by atoms with Gasteiger partial charge in [0.2, 0.25) is 0 Å². The highest BCUT2D eigenvalue weighted by Crippen LogP contribution is 2.41. The Morgan fingerprint density at radius 2 is 2.05 bits per heavy atom. The normalized spacial score (nSPS) is 23.4. The van der Waals surface area contributed by atoms with E-state index in [4.69, 9.17) is 4.74 Å². The zero-order valence-corrected chi connectivity index (χ0v) is 11.1. The Hall–Kier alpha value is -2.03. The Labute approximate surface area is 117 Å². The van der Waals surface area contributed by atoms with Crippen LogP contribution < -0.4 is 10.1 Å². The molecular weight excluding hydrogens is 253 g/mol. The van der Waals surface area contributed by atoms with Crippen LogP contribution in [0.2, 0.25) is 0 Å². The fourth-order valence-electron chi connectivity index (χ4n) is 3.26. The molecule has 0 aromatic heterocycles. The minimum absolute atomic E-state index is 0.0250. The fraction of sp³-hybridized carbons (Fsp3) is 0.294. The van der Waals surface area contributed by atoms with E-state index in [-0.39, 0.29) is 18.0 Å². The van der Waals surface area contributed by atoms with Crippen LogP contribution in [-0.2, 0) is 6.42 Å². The second-order valence-electron chi connectivity index (χ2n) is 5.52. The van der Waals surface area contributed by atoms with Gasteiger partial charge in [0, 0.05) is 6.07 Å². The van der Waals surface area contributed by atoms with Crippen molar-refractivity contribution in [1.82, 2.24) is 0 Å². The molecule has 1 aliphatic carbocycles. The molecule has 2 unspecified atom stereocenters. The minimum Gasteiger partial charge on any atom is -0.481 e. The largest absolute Gasteiger partial charge is 0.481 e. The maximum absolute atomic E-state index is 13.4. The first-order valence-corrected chi connectivity index (χ1v) is 7.12. The number of ether oxygens (including phenoxy) is 1. The standard InChI is InChI=1S/C17H16FNO/c18-12-8-9-14-16(10-12)20-17-13-6-2-1-4-11(13)5-3-7-15(17)19-14/h1-2,4,6,8-10,15,17,19H,3,5,7H2. The van der Waals surface area contributed by atoms with Crippen molar-refractivity contribution in [2.24, 2.45) is 0 Å². The Bertz CT molecular complexity index is 655. The molecule has 2 aromatic carbocycles. The number of fused-ring (bicyclic) bond motifs is 4. The van der Waals surface area contributed by atoms with Crippen LogP contribution in [0.15, 0.2) is 42.5 Å². The van der Waals surface area contributed by atoms with E-state index in [2.05, 4.69) is 23.5 Å². The molecule has 20 heavy (non-hydrogen) atoms. The number of halogens is 1. The molecule has 0 saturated carbocycles. The molecule has 0 bridgehead atoms. The van der Waals surface area contributed by atoms with Crippen molar-refractivity contribution in [1.29, 1.82) is 0 Å². The van der Waals surface area contributed by atoms with Crippen molar-refractivity contribution in [3.63, 3.8) is 0 Å². The van der Waals surface area contributed by atoms with Crippen molar-refractivity contribution in [3.8, 4) is 5.75 Å². The first-order chi connectivity index (χ1) is 9.81. The van der Waals surface area contributed by atoms with Gasteiger partial charge in [-0.3, -0.25) is 0 Å². The molecule has 2 atom stereocenters. The van der Waals surface area contributed by atoms with Gasteiger partial charge in [-0.1, -0.05) is 24.3 Å². The van der Waals surface area contributed by atoms with Crippen molar-refractivity contribution in [2.45, 2.75) is 31.4 Å². The maximum Gasteiger partial charge on any atom is 0.146 e. The summed E-state index contributed by atoms with van der Waals surface area (Å²) in [5.74, 6) is 0.355. The van der Waals surface area contributed by atoms with Gasteiger partial charge in [-0.05, 0) is 42.5 Å². The van der Waals surface area contributed by atoms with Crippen molar-refractivity contribution in [2.75, 3.05) is 5.32 Å². The number of benzene rings is 2. The minimum atomic E-state index is -0.258. The van der Waals surface area contributed by atoms with E-state index in [1.165, 1.54) is 23.3 Å². The van der Waals surface area contributed by atoms with Gasteiger partial charge in [0.25, 0.3) is 0 Å². The summed E-state index contributed by atoms with van der Waals surface area (Å²) in [5, 5.41) is 3.52. The monoisotopic (exact) mass is 269 g/mol. The lowest BCUT2D eigenvalue weighted by Crippen LogP contribution is -2.34. The van der Waals surface area contributed by atoms with Gasteiger partial charge in [0.15, 0.2) is 0 Å². The van der Waals surface area contributed by atoms with E-state index in [0.717, 1.165) is 24.9 Å². The molecule has 0 amide bonds. The lowest BCUT2D eigenvalue weighted by molar-refractivity contribution is 0.168. The van der Waals surface area contributed by atoms with E-state index >= 15 is 0 Å². The smallest absolute Gasteiger partial charge is 0.146 e. The van der Waals surface area contributed by atoms with Crippen LogP contribution in [0.4, 0.5) is 10.1 Å². The predicted octanol–water partition coefficient (Wildman–Crippen LogP) is 4.08. The lowest BCUT2D eigenvalue weighted by Gasteiger charge is -2.34. The molecule has 3 heteroatoms. The van der Waals surface area contributed by atoms with Gasteiger partial charge >= 0.3 is 0 Å². The second-order valence-corrected chi connectivity index (χ2v) is 5.52. The van der Waals surface area contributed by atoms with Crippen LogP contribution in [0, 0.1) is 5.82 Å². The number of rotatable bonds is 0. The van der Waals surface area contributed by atoms with Gasteiger partial charge in [-0.25, -0.2) is 4.39 Å². The summed E-state index contributed by atoms with van der Waals surface area (Å²) >= 11 is 0. The number of aryl methyl sites for hydroxylation is 1. The third-order valence-electron chi connectivity index (χ3n) is 4.23. The SMILES string of the molecule is Fc1ccc2c(c1)OC1c3ccccc3CCCC1N2. The van der Waals surface area contributed by atoms with E-state index < -0.39 is 0 Å². The Kier molecular flexibility index (Phi) is 2.66. The van der Waals surface area contributed by atoms with Gasteiger partial charge in [0.05, 0.1) is 11.7 Å². The molecule has 1 aliphatic heterocycles. The third kappa shape index (κ3) is 1.85. The molecule has 102 valence electrons. The number of hydrogen-bond donors (Lipinski definition) is 1. The van der Waals surface area contributed by atoms with Crippen LogP contribution in [0.1, 0.15) is 30.1 Å². The first-order valence-electron chi connectivity index (χ1n) is 7.12. The van der Waals surface area contributed by atoms with E-state index in [9.17, 15) is 4.39 Å². The molecule has 4 rings (SSSR count). The summed E-state index contributed by atoms with van der Waals surface area (Å²) in [7, 11) is 0. The van der Waals surface area contributed by atoms with Crippen LogP contribution in [0.5, 0.6) is 5.75 Å². The molecule has 0 saturated heterocycles. The molecule has 2 nitrogen and oxygen atoms in total. The zero-order valence-electron chi connectivity index (χ0n) is 11.1. The Morgan fingerprint density at radius 1 is 1.15 bits per heavy atom. The van der Waals surface area contributed by atoms with Crippen LogP contribution in [0.3, 0.4) is 0 Å². The molecule has 0 fully saturated rings. The molecule has 2 aliphatic rings. The van der Waals surface area contributed by atoms with Crippen molar-refractivity contribution in [3.05, 3.63) is 59.4 Å². The summed E-state index contributed by atoms with van der Waals surface area (Å²) in [6.07, 6.45) is 3.27. The maximum atomic E-state index is 13.4. The lowest BCUT2D eigenvalue weighted by atomic mass is 9.97. The third-order valence-corrected chi connectivity index (χ3v) is 4.23. The van der Waals surface area contributed by atoms with Crippen LogP contribution in [-0.4, -0.2) is 6.04 Å². The molecule has 1 heterocycles. The summed E-state index contributed by atoms with van der Waals surface area (Å²) in [5.41, 5.74) is 3.48. The summed E-state index contributed by atoms with van der Waals surface area (Å²) in [6.45, 7) is 0. The van der Waals surface area contributed by atoms with E-state index in [1.807, 2.05) is 6.07 Å². The quantitative estimate of drug-likeness (QED) is 0.778. The molecule has 2 aromatic rings. The Morgan fingerprint density at radius 3 is 3.00 bits per heavy atom. The fourth-order valence-corrected chi connectivity index (χ4v) is 3.26. The summed E-state index contributed by atoms with van der Waals surface area (Å²) in [6, 6.07) is 13.4. The zero-order chi connectivity index (χ0) is 13.5. The summed E-state index contributed by atoms with van der Waals surface area (Å²) in [4.78, 5) is 0. The number of nitrogens with one attached hydrogen (secondary N) is 1. The summed E-state index contributed by atoms with van der Waals surface area (Å²) < 4.78 is 19.5. The molecular formula is C17H16FNO. The van der Waals surface area contributed by atoms with Crippen molar-refractivity contribution >= 4 is 5.69 Å². The first kappa shape index (κ1) is 11.8. The Balaban J connectivity index is 1.79. The highest BCUT2D eigenvalue weighted by molar-refractivity contribution is 5.59. The highest BCUT2D eigenvalue weighted by atomic mass is 19.1. The highest BCUT2D eigenvalue weighted by Gasteiger charge is 2.33. The average molecular weight is 269 g/mol. The number of anilines is 1. The van der Waals surface area contributed by atoms with Crippen LogP contribution in [0.25, 0.3) is 0 Å². The number of hydrogen-bond acceptors (Lipinski definition) is 2. The van der Waals surface area contributed by atoms with Crippen LogP contribution >= 0.6 is 0 Å². The van der Waals surface area contributed by atoms with Gasteiger partial charge in [-0.2, -0.15) is 0 Å². The topological polar surface area (TPSA) is 21.3 Å². The molecule has 0 spiro atoms. The van der Waals surface area contributed by atoms with E-state index in [0.29, 0.717) is 5.75 Å². The van der Waals surface area contributed by atoms with Gasteiger partial charge in [0.1, 0.15) is 17.7 Å². The van der Waals surface area contributed by atoms with E-state index in [1.54, 1.807) is 6.07 Å². The predicted molar refractivity (Wildman–Crippen MR) is 76.6 cm³/mol. The van der Waals surface area contributed by atoms with Gasteiger partial charge < -0.3 is 10.1 Å². The van der Waals surface area contributed by atoms with Crippen molar-refractivity contribution < 1.29 is 9.13 Å². The van der Waals surface area contributed by atoms with Gasteiger partial charge in [-0.15, -0.1) is 0 Å². The average Bonchev–Trinajstić information content (AvgIpc) is 2.64.